The van der Waals surface area contributed by atoms with Crippen molar-refractivity contribution in [3.8, 4) is 11.5 Å². The number of rotatable bonds is 6. The molecular weight excluding hydrogens is 509 g/mol. The van der Waals surface area contributed by atoms with Crippen LogP contribution in [0.5, 0.6) is 11.5 Å². The van der Waals surface area contributed by atoms with E-state index in [0.717, 1.165) is 43.0 Å². The van der Waals surface area contributed by atoms with Crippen LogP contribution in [-0.4, -0.2) is 50.1 Å². The molecular formula is C29H32FN9O. The van der Waals surface area contributed by atoms with Crippen LogP contribution in [0.15, 0.2) is 61.1 Å². The zero-order valence-electron chi connectivity index (χ0n) is 23.1. The normalized spacial score (nSPS) is 12.8. The van der Waals surface area contributed by atoms with Gasteiger partial charge in [0.1, 0.15) is 34.7 Å². The summed E-state index contributed by atoms with van der Waals surface area (Å²) in [5, 5.41) is 14.0. The van der Waals surface area contributed by atoms with Gasteiger partial charge in [-0.25, -0.2) is 24.0 Å². The molecule has 1 fully saturated rings. The number of nitrogens with one attached hydrogen (secondary N) is 2. The number of pyridine rings is 1. The van der Waals surface area contributed by atoms with E-state index < -0.39 is 5.82 Å². The van der Waals surface area contributed by atoms with Crippen LogP contribution in [0.3, 0.4) is 0 Å². The molecule has 0 bridgehead atoms. The predicted molar refractivity (Wildman–Crippen MR) is 156 cm³/mol. The van der Waals surface area contributed by atoms with E-state index in [1.807, 2.05) is 45.3 Å². The Bertz CT molecular complexity index is 1680. The van der Waals surface area contributed by atoms with Crippen LogP contribution in [0.2, 0.25) is 0 Å². The Morgan fingerprint density at radius 1 is 1.05 bits per heavy atom. The minimum atomic E-state index is -0.425. The Morgan fingerprint density at radius 2 is 1.82 bits per heavy atom. The Morgan fingerprint density at radius 3 is 2.58 bits per heavy atom. The zero-order chi connectivity index (χ0) is 28.2. The summed E-state index contributed by atoms with van der Waals surface area (Å²) in [7, 11) is 3.67. The third-order valence-electron chi connectivity index (χ3n) is 6.72. The van der Waals surface area contributed by atoms with Crippen LogP contribution in [0.1, 0.15) is 25.3 Å². The van der Waals surface area contributed by atoms with Gasteiger partial charge in [-0.05, 0) is 68.8 Å². The molecule has 4 heterocycles. The van der Waals surface area contributed by atoms with Crippen molar-refractivity contribution in [2.75, 3.05) is 30.4 Å². The molecule has 0 atom stereocenters. The molecule has 1 saturated heterocycles. The quantitative estimate of drug-likeness (QED) is 0.283. The number of aryl methyl sites for hydroxylation is 1. The molecule has 1 aliphatic rings. The van der Waals surface area contributed by atoms with Crippen LogP contribution < -0.4 is 20.3 Å². The van der Waals surface area contributed by atoms with Gasteiger partial charge >= 0.3 is 0 Å². The first-order chi connectivity index (χ1) is 19.3. The number of hydrogen-bond donors (Lipinski definition) is 2. The molecule has 0 spiro atoms. The molecule has 5 aromatic rings. The van der Waals surface area contributed by atoms with Crippen molar-refractivity contribution in [2.45, 2.75) is 26.7 Å². The average Bonchev–Trinajstić information content (AvgIpc) is 3.63. The second kappa shape index (κ2) is 11.5. The maximum Gasteiger partial charge on any atom is 0.160 e. The lowest BCUT2D eigenvalue weighted by Crippen LogP contribution is -2.19. The molecule has 6 rings (SSSR count). The molecule has 0 amide bonds. The van der Waals surface area contributed by atoms with Crippen molar-refractivity contribution >= 4 is 39.4 Å². The first kappa shape index (κ1) is 26.8. The third kappa shape index (κ3) is 5.63. The van der Waals surface area contributed by atoms with Crippen LogP contribution >= 0.6 is 0 Å². The fourth-order valence-electron chi connectivity index (χ4n) is 4.36. The maximum absolute atomic E-state index is 15.4. The van der Waals surface area contributed by atoms with Crippen molar-refractivity contribution in [3.63, 3.8) is 0 Å². The molecule has 40 heavy (non-hydrogen) atoms. The van der Waals surface area contributed by atoms with Gasteiger partial charge in [-0.1, -0.05) is 11.8 Å². The standard InChI is InChI=1S/C25H23FN8O.C4H9N/c1-15-21(35-16-5-8-20-19(13-16)31-32-33(20)2)9-6-17(23(15)26)29-25-24-18(27-14-28-25)7-10-22(30-24)34-11-3-4-12-34;1-4(2)5-3/h5-10,13-14H,3-4,11-12H2,1-2H3,(H,27,28,29);5H,1H2,2-3H3. The van der Waals surface area contributed by atoms with Crippen molar-refractivity contribution in [3.05, 3.63) is 72.4 Å². The Kier molecular flexibility index (Phi) is 7.72. The van der Waals surface area contributed by atoms with E-state index in [-0.39, 0.29) is 5.69 Å². The minimum Gasteiger partial charge on any atom is -0.457 e. The van der Waals surface area contributed by atoms with Gasteiger partial charge in [0.2, 0.25) is 0 Å². The molecule has 2 aromatic carbocycles. The molecule has 2 N–H and O–H groups in total. The molecule has 1 aliphatic heterocycles. The first-order valence-electron chi connectivity index (χ1n) is 13.1. The SMILES string of the molecule is C=C(C)NC.Cc1c(Oc2ccc3c(c2)nnn3C)ccc(Nc2ncnc3ccc(N4CCCC4)nc23)c1F. The largest absolute Gasteiger partial charge is 0.457 e. The van der Waals surface area contributed by atoms with E-state index >= 15 is 4.39 Å². The summed E-state index contributed by atoms with van der Waals surface area (Å²) in [4.78, 5) is 15.7. The smallest absolute Gasteiger partial charge is 0.160 e. The minimum absolute atomic E-state index is 0.285. The second-order valence-corrected chi connectivity index (χ2v) is 9.62. The molecule has 11 heteroatoms. The number of ether oxygens (including phenoxy) is 1. The van der Waals surface area contributed by atoms with Crippen molar-refractivity contribution < 1.29 is 9.13 Å². The summed E-state index contributed by atoms with van der Waals surface area (Å²) in [5.41, 5.74) is 4.56. The van der Waals surface area contributed by atoms with Gasteiger partial charge < -0.3 is 20.3 Å². The van der Waals surface area contributed by atoms with Gasteiger partial charge in [0.15, 0.2) is 11.6 Å². The molecule has 0 saturated carbocycles. The number of allylic oxidation sites excluding steroid dienone is 1. The molecule has 3 aromatic heterocycles. The van der Waals surface area contributed by atoms with E-state index in [4.69, 9.17) is 9.72 Å². The maximum atomic E-state index is 15.4. The average molecular weight is 542 g/mol. The van der Waals surface area contributed by atoms with Gasteiger partial charge in [0.25, 0.3) is 0 Å². The highest BCUT2D eigenvalue weighted by molar-refractivity contribution is 5.88. The highest BCUT2D eigenvalue weighted by Gasteiger charge is 2.17. The van der Waals surface area contributed by atoms with E-state index in [1.54, 1.807) is 29.8 Å². The van der Waals surface area contributed by atoms with Gasteiger partial charge in [-0.2, -0.15) is 0 Å². The van der Waals surface area contributed by atoms with Crippen LogP contribution in [0, 0.1) is 12.7 Å². The number of aromatic nitrogens is 6. The fourth-order valence-corrected chi connectivity index (χ4v) is 4.36. The number of anilines is 3. The van der Waals surface area contributed by atoms with E-state index in [9.17, 15) is 0 Å². The fraction of sp³-hybridized carbons (Fsp3) is 0.276. The van der Waals surface area contributed by atoms with E-state index in [2.05, 4.69) is 42.4 Å². The monoisotopic (exact) mass is 541 g/mol. The van der Waals surface area contributed by atoms with Crippen LogP contribution in [0.4, 0.5) is 21.7 Å². The van der Waals surface area contributed by atoms with Crippen LogP contribution in [-0.2, 0) is 7.05 Å². The lowest BCUT2D eigenvalue weighted by Gasteiger charge is -2.17. The van der Waals surface area contributed by atoms with Gasteiger partial charge in [0, 0.05) is 38.8 Å². The first-order valence-corrected chi connectivity index (χ1v) is 13.1. The van der Waals surface area contributed by atoms with Crippen molar-refractivity contribution in [1.82, 2.24) is 35.3 Å². The van der Waals surface area contributed by atoms with E-state index in [1.165, 1.54) is 6.33 Å². The highest BCUT2D eigenvalue weighted by Crippen LogP contribution is 2.33. The molecule has 10 nitrogen and oxygen atoms in total. The predicted octanol–water partition coefficient (Wildman–Crippen LogP) is 5.63. The number of hydrogen-bond acceptors (Lipinski definition) is 9. The molecule has 0 aliphatic carbocycles. The van der Waals surface area contributed by atoms with Gasteiger partial charge in [-0.3, -0.25) is 0 Å². The van der Waals surface area contributed by atoms with E-state index in [0.29, 0.717) is 39.4 Å². The summed E-state index contributed by atoms with van der Waals surface area (Å²) >= 11 is 0. The van der Waals surface area contributed by atoms with Crippen molar-refractivity contribution in [2.24, 2.45) is 7.05 Å². The number of fused-ring (bicyclic) bond motifs is 2. The van der Waals surface area contributed by atoms with Gasteiger partial charge in [-0.15, -0.1) is 5.10 Å². The summed E-state index contributed by atoms with van der Waals surface area (Å²) < 4.78 is 23.0. The Labute approximate surface area is 231 Å². The van der Waals surface area contributed by atoms with Crippen LogP contribution in [0.25, 0.3) is 22.1 Å². The number of nitrogens with zero attached hydrogens (tertiary/aromatic N) is 7. The summed E-state index contributed by atoms with van der Waals surface area (Å²) in [5.74, 6) is 1.88. The summed E-state index contributed by atoms with van der Waals surface area (Å²) in [6.07, 6.45) is 3.76. The molecule has 206 valence electrons. The Balaban J connectivity index is 0.000000595. The molecule has 0 unspecified atom stereocenters. The topological polar surface area (TPSA) is 106 Å². The van der Waals surface area contributed by atoms with Gasteiger partial charge in [0.05, 0.1) is 16.7 Å². The van der Waals surface area contributed by atoms with Crippen molar-refractivity contribution in [1.29, 1.82) is 0 Å². The molecule has 0 radical (unpaired) electrons. The number of halogens is 1. The lowest BCUT2D eigenvalue weighted by atomic mass is 10.1. The number of benzene rings is 2. The highest BCUT2D eigenvalue weighted by atomic mass is 19.1. The summed E-state index contributed by atoms with van der Waals surface area (Å²) in [6.45, 7) is 9.12. The Hall–Kier alpha value is -4.80. The zero-order valence-corrected chi connectivity index (χ0v) is 23.1. The third-order valence-corrected chi connectivity index (χ3v) is 6.72. The lowest BCUT2D eigenvalue weighted by molar-refractivity contribution is 0.472. The summed E-state index contributed by atoms with van der Waals surface area (Å²) in [6, 6.07) is 12.7. The second-order valence-electron chi connectivity index (χ2n) is 9.62.